The van der Waals surface area contributed by atoms with Crippen molar-refractivity contribution in [2.75, 3.05) is 52.5 Å². The highest BCUT2D eigenvalue weighted by Gasteiger charge is 2.18. The molecule has 0 saturated carbocycles. The Bertz CT molecular complexity index is 359. The molecule has 0 aromatic heterocycles. The number of hydrogen-bond donors (Lipinski definition) is 1. The van der Waals surface area contributed by atoms with Crippen LogP contribution in [0.25, 0.3) is 0 Å². The zero-order valence-corrected chi connectivity index (χ0v) is 13.8. The molecule has 0 radical (unpaired) electrons. The Balaban J connectivity index is 2.02. The van der Waals surface area contributed by atoms with Crippen molar-refractivity contribution >= 4 is 11.9 Å². The van der Waals surface area contributed by atoms with E-state index in [1.54, 1.807) is 0 Å². The number of piperazine rings is 1. The summed E-state index contributed by atoms with van der Waals surface area (Å²) >= 11 is 0. The van der Waals surface area contributed by atoms with E-state index < -0.39 is 11.6 Å². The van der Waals surface area contributed by atoms with Crippen LogP contribution in [0, 0.1) is 0 Å². The van der Waals surface area contributed by atoms with Gasteiger partial charge in [0.15, 0.2) is 0 Å². The van der Waals surface area contributed by atoms with Crippen LogP contribution in [-0.2, 0) is 19.1 Å². The van der Waals surface area contributed by atoms with Gasteiger partial charge in [0.05, 0.1) is 26.2 Å². The Morgan fingerprint density at radius 2 is 1.64 bits per heavy atom. The fraction of sp³-hybridized carbons (Fsp3) is 0.867. The highest BCUT2D eigenvalue weighted by atomic mass is 16.6. The molecule has 1 aliphatic heterocycles. The summed E-state index contributed by atoms with van der Waals surface area (Å²) in [6, 6.07) is 0. The second-order valence-corrected chi connectivity index (χ2v) is 6.46. The number of nitrogens with zero attached hydrogens (tertiary/aromatic N) is 2. The molecule has 7 heteroatoms. The summed E-state index contributed by atoms with van der Waals surface area (Å²) in [6.45, 7) is 10.6. The predicted molar refractivity (Wildman–Crippen MR) is 81.8 cm³/mol. The number of esters is 1. The SMILES string of the molecule is CC(C)(C)OC(=O)CCOCCN1CCN(CC(=O)O)CC1. The maximum atomic E-state index is 11.5. The van der Waals surface area contributed by atoms with Crippen molar-refractivity contribution in [3.05, 3.63) is 0 Å². The third kappa shape index (κ3) is 8.96. The zero-order chi connectivity index (χ0) is 16.6. The monoisotopic (exact) mass is 316 g/mol. The summed E-state index contributed by atoms with van der Waals surface area (Å²) in [5.74, 6) is -1.02. The topological polar surface area (TPSA) is 79.3 Å². The summed E-state index contributed by atoms with van der Waals surface area (Å²) < 4.78 is 10.7. The Labute approximate surface area is 132 Å². The predicted octanol–water partition coefficient (Wildman–Crippen LogP) is 0.437. The minimum absolute atomic E-state index is 0.111. The maximum absolute atomic E-state index is 11.5. The average Bonchev–Trinajstić information content (AvgIpc) is 2.37. The minimum atomic E-state index is -0.779. The minimum Gasteiger partial charge on any atom is -0.480 e. The lowest BCUT2D eigenvalue weighted by Crippen LogP contribution is -2.48. The fourth-order valence-corrected chi connectivity index (χ4v) is 2.21. The second-order valence-electron chi connectivity index (χ2n) is 6.46. The van der Waals surface area contributed by atoms with Crippen LogP contribution in [0.4, 0.5) is 0 Å². The van der Waals surface area contributed by atoms with Crippen molar-refractivity contribution in [1.82, 2.24) is 9.80 Å². The summed E-state index contributed by atoms with van der Waals surface area (Å²) in [5, 5.41) is 8.73. The molecule has 0 aliphatic carbocycles. The van der Waals surface area contributed by atoms with Crippen LogP contribution in [0.2, 0.25) is 0 Å². The molecule has 22 heavy (non-hydrogen) atoms. The van der Waals surface area contributed by atoms with E-state index in [0.717, 1.165) is 32.7 Å². The standard InChI is InChI=1S/C15H28N2O5/c1-15(2,3)22-14(20)4-10-21-11-9-16-5-7-17(8-6-16)12-13(18)19/h4-12H2,1-3H3,(H,18,19). The second kappa shape index (κ2) is 9.07. The third-order valence-electron chi connectivity index (χ3n) is 3.25. The van der Waals surface area contributed by atoms with Gasteiger partial charge in [-0.05, 0) is 20.8 Å². The Morgan fingerprint density at radius 3 is 2.18 bits per heavy atom. The molecular weight excluding hydrogens is 288 g/mol. The van der Waals surface area contributed by atoms with Crippen LogP contribution in [0.5, 0.6) is 0 Å². The molecule has 0 unspecified atom stereocenters. The number of carbonyl (C=O) groups is 2. The first kappa shape index (κ1) is 18.9. The Morgan fingerprint density at radius 1 is 1.05 bits per heavy atom. The van der Waals surface area contributed by atoms with Crippen molar-refractivity contribution in [1.29, 1.82) is 0 Å². The highest BCUT2D eigenvalue weighted by molar-refractivity contribution is 5.70. The van der Waals surface area contributed by atoms with Crippen LogP contribution in [-0.4, -0.2) is 84.9 Å². The number of aliphatic carboxylic acids is 1. The largest absolute Gasteiger partial charge is 0.480 e. The van der Waals surface area contributed by atoms with Crippen LogP contribution in [0.15, 0.2) is 0 Å². The summed E-state index contributed by atoms with van der Waals surface area (Å²) in [4.78, 5) is 26.3. The average molecular weight is 316 g/mol. The molecule has 1 N–H and O–H groups in total. The smallest absolute Gasteiger partial charge is 0.317 e. The molecule has 0 amide bonds. The highest BCUT2D eigenvalue weighted by Crippen LogP contribution is 2.08. The van der Waals surface area contributed by atoms with Crippen LogP contribution < -0.4 is 0 Å². The molecular formula is C15H28N2O5. The van der Waals surface area contributed by atoms with Gasteiger partial charge in [-0.15, -0.1) is 0 Å². The maximum Gasteiger partial charge on any atom is 0.317 e. The molecule has 1 heterocycles. The van der Waals surface area contributed by atoms with Gasteiger partial charge < -0.3 is 14.6 Å². The van der Waals surface area contributed by atoms with E-state index in [9.17, 15) is 9.59 Å². The van der Waals surface area contributed by atoms with E-state index in [0.29, 0.717) is 13.2 Å². The van der Waals surface area contributed by atoms with Gasteiger partial charge in [0, 0.05) is 32.7 Å². The molecule has 1 saturated heterocycles. The molecule has 1 aliphatic rings. The summed E-state index contributed by atoms with van der Waals surface area (Å²) in [5.41, 5.74) is -0.452. The van der Waals surface area contributed by atoms with Crippen molar-refractivity contribution in [3.63, 3.8) is 0 Å². The summed E-state index contributed by atoms with van der Waals surface area (Å²) in [7, 11) is 0. The zero-order valence-electron chi connectivity index (χ0n) is 13.8. The van der Waals surface area contributed by atoms with Crippen molar-refractivity contribution in [2.24, 2.45) is 0 Å². The lowest BCUT2D eigenvalue weighted by molar-refractivity contribution is -0.156. The Kier molecular flexibility index (Phi) is 7.78. The number of carboxylic acid groups (broad SMARTS) is 1. The van der Waals surface area contributed by atoms with E-state index in [2.05, 4.69) is 4.90 Å². The fourth-order valence-electron chi connectivity index (χ4n) is 2.21. The first-order valence-electron chi connectivity index (χ1n) is 7.72. The Hall–Kier alpha value is -1.18. The molecule has 1 rings (SSSR count). The van der Waals surface area contributed by atoms with Gasteiger partial charge in [-0.3, -0.25) is 19.4 Å². The van der Waals surface area contributed by atoms with Gasteiger partial charge in [0.2, 0.25) is 0 Å². The normalized spacial score (nSPS) is 17.4. The van der Waals surface area contributed by atoms with Gasteiger partial charge in [0.1, 0.15) is 5.60 Å². The van der Waals surface area contributed by atoms with Gasteiger partial charge in [-0.2, -0.15) is 0 Å². The van der Waals surface area contributed by atoms with Gasteiger partial charge in [-0.25, -0.2) is 0 Å². The number of rotatable bonds is 8. The molecule has 128 valence electrons. The van der Waals surface area contributed by atoms with E-state index in [1.807, 2.05) is 25.7 Å². The number of carbonyl (C=O) groups excluding carboxylic acids is 1. The van der Waals surface area contributed by atoms with Gasteiger partial charge >= 0.3 is 11.9 Å². The molecule has 0 bridgehead atoms. The van der Waals surface area contributed by atoms with E-state index in [4.69, 9.17) is 14.6 Å². The van der Waals surface area contributed by atoms with E-state index in [1.165, 1.54) is 0 Å². The third-order valence-corrected chi connectivity index (χ3v) is 3.25. The van der Waals surface area contributed by atoms with Crippen molar-refractivity contribution in [2.45, 2.75) is 32.8 Å². The van der Waals surface area contributed by atoms with Crippen LogP contribution in [0.1, 0.15) is 27.2 Å². The van der Waals surface area contributed by atoms with Crippen LogP contribution in [0.3, 0.4) is 0 Å². The molecule has 1 fully saturated rings. The van der Waals surface area contributed by atoms with E-state index >= 15 is 0 Å². The molecule has 0 aromatic rings. The first-order valence-corrected chi connectivity index (χ1v) is 7.72. The molecule has 0 aromatic carbocycles. The number of carboxylic acids is 1. The lowest BCUT2D eigenvalue weighted by Gasteiger charge is -2.33. The van der Waals surface area contributed by atoms with Gasteiger partial charge in [-0.1, -0.05) is 0 Å². The molecule has 7 nitrogen and oxygen atoms in total. The summed E-state index contributed by atoms with van der Waals surface area (Å²) in [6.07, 6.45) is 0.268. The van der Waals surface area contributed by atoms with E-state index in [-0.39, 0.29) is 18.9 Å². The molecule has 0 atom stereocenters. The van der Waals surface area contributed by atoms with Crippen molar-refractivity contribution in [3.8, 4) is 0 Å². The first-order chi connectivity index (χ1) is 10.3. The quantitative estimate of drug-likeness (QED) is 0.514. The lowest BCUT2D eigenvalue weighted by atomic mass is 10.2. The number of ether oxygens (including phenoxy) is 2. The number of hydrogen-bond acceptors (Lipinski definition) is 6. The van der Waals surface area contributed by atoms with Gasteiger partial charge in [0.25, 0.3) is 0 Å². The van der Waals surface area contributed by atoms with Crippen LogP contribution >= 0.6 is 0 Å². The van der Waals surface area contributed by atoms with Crippen molar-refractivity contribution < 1.29 is 24.2 Å². The molecule has 0 spiro atoms.